The molecule has 0 radical (unpaired) electrons. The average molecular weight is 316 g/mol. The number of halogens is 1. The first-order valence-corrected chi connectivity index (χ1v) is 6.67. The van der Waals surface area contributed by atoms with Crippen molar-refractivity contribution in [3.63, 3.8) is 0 Å². The maximum absolute atomic E-state index is 11.0. The molecule has 0 fully saturated rings. The zero-order valence-electron chi connectivity index (χ0n) is 10.5. The highest BCUT2D eigenvalue weighted by molar-refractivity contribution is 9.10. The Morgan fingerprint density at radius 1 is 1.56 bits per heavy atom. The van der Waals surface area contributed by atoms with Crippen molar-refractivity contribution in [3.05, 3.63) is 28.2 Å². The molecule has 0 heterocycles. The van der Waals surface area contributed by atoms with Crippen LogP contribution >= 0.6 is 15.9 Å². The number of carbonyl (C=O) groups is 1. The molecule has 0 aliphatic heterocycles. The molecule has 5 heteroatoms. The number of rotatable bonds is 6. The van der Waals surface area contributed by atoms with Crippen LogP contribution in [0.25, 0.3) is 0 Å². The lowest BCUT2D eigenvalue weighted by Gasteiger charge is -2.18. The molecule has 1 aromatic carbocycles. The first kappa shape index (κ1) is 15.0. The molecule has 100 valence electrons. The van der Waals surface area contributed by atoms with Gasteiger partial charge in [-0.2, -0.15) is 0 Å². The van der Waals surface area contributed by atoms with Crippen LogP contribution in [0.5, 0.6) is 5.75 Å². The Kier molecular flexibility index (Phi) is 5.62. The molecule has 0 saturated carbocycles. The number of nitrogens with two attached hydrogens (primary N) is 1. The molecule has 0 amide bonds. The molecule has 0 aliphatic rings. The molecule has 0 saturated heterocycles. The maximum atomic E-state index is 11.0. The number of hydrogen-bond acceptors (Lipinski definition) is 3. The van der Waals surface area contributed by atoms with Crippen molar-refractivity contribution in [2.45, 2.75) is 38.8 Å². The molecular weight excluding hydrogens is 298 g/mol. The Morgan fingerprint density at radius 2 is 2.22 bits per heavy atom. The first-order chi connectivity index (χ1) is 8.45. The highest BCUT2D eigenvalue weighted by atomic mass is 79.9. The minimum absolute atomic E-state index is 0.00782. The smallest absolute Gasteiger partial charge is 0.344 e. The Balaban J connectivity index is 3.01. The van der Waals surface area contributed by atoms with Crippen LogP contribution in [0.2, 0.25) is 0 Å². The summed E-state index contributed by atoms with van der Waals surface area (Å²) in [7, 11) is 0. The molecule has 0 spiro atoms. The molecule has 0 aliphatic carbocycles. The maximum Gasteiger partial charge on any atom is 0.344 e. The SMILES string of the molecule is CCC(Oc1c(Br)cccc1CC(C)N)C(=O)O. The van der Waals surface area contributed by atoms with Gasteiger partial charge in [-0.15, -0.1) is 0 Å². The number of benzene rings is 1. The van der Waals surface area contributed by atoms with E-state index in [2.05, 4.69) is 15.9 Å². The molecule has 4 nitrogen and oxygen atoms in total. The van der Waals surface area contributed by atoms with Gasteiger partial charge in [-0.3, -0.25) is 0 Å². The van der Waals surface area contributed by atoms with Gasteiger partial charge in [-0.05, 0) is 47.3 Å². The third-order valence-electron chi connectivity index (χ3n) is 2.50. The van der Waals surface area contributed by atoms with Gasteiger partial charge in [0.15, 0.2) is 6.10 Å². The number of carboxylic acid groups (broad SMARTS) is 1. The predicted molar refractivity (Wildman–Crippen MR) is 73.8 cm³/mol. The van der Waals surface area contributed by atoms with Crippen LogP contribution in [0.3, 0.4) is 0 Å². The number of para-hydroxylation sites is 1. The van der Waals surface area contributed by atoms with Gasteiger partial charge >= 0.3 is 5.97 Å². The normalized spacial score (nSPS) is 14.0. The summed E-state index contributed by atoms with van der Waals surface area (Å²) in [4.78, 5) is 11.0. The van der Waals surface area contributed by atoms with Gasteiger partial charge in [-0.1, -0.05) is 19.1 Å². The van der Waals surface area contributed by atoms with E-state index in [1.807, 2.05) is 25.1 Å². The molecule has 1 rings (SSSR count). The summed E-state index contributed by atoms with van der Waals surface area (Å²) in [6.45, 7) is 3.68. The molecule has 3 N–H and O–H groups in total. The van der Waals surface area contributed by atoms with Crippen molar-refractivity contribution in [2.75, 3.05) is 0 Å². The second-order valence-electron chi connectivity index (χ2n) is 4.26. The minimum atomic E-state index is -0.958. The number of ether oxygens (including phenoxy) is 1. The zero-order valence-corrected chi connectivity index (χ0v) is 12.1. The van der Waals surface area contributed by atoms with Crippen molar-refractivity contribution in [1.82, 2.24) is 0 Å². The Hall–Kier alpha value is -1.07. The Morgan fingerprint density at radius 3 is 2.72 bits per heavy atom. The van der Waals surface area contributed by atoms with E-state index in [4.69, 9.17) is 15.6 Å². The summed E-state index contributed by atoms with van der Waals surface area (Å²) in [5.41, 5.74) is 6.70. The monoisotopic (exact) mass is 315 g/mol. The molecule has 1 aromatic rings. The molecular formula is C13H18BrNO3. The van der Waals surface area contributed by atoms with Gasteiger partial charge in [0.25, 0.3) is 0 Å². The second-order valence-corrected chi connectivity index (χ2v) is 5.12. The quantitative estimate of drug-likeness (QED) is 0.846. The lowest BCUT2D eigenvalue weighted by Crippen LogP contribution is -2.27. The Labute approximate surface area is 115 Å². The highest BCUT2D eigenvalue weighted by Crippen LogP contribution is 2.31. The van der Waals surface area contributed by atoms with Crippen molar-refractivity contribution < 1.29 is 14.6 Å². The van der Waals surface area contributed by atoms with Crippen LogP contribution in [-0.4, -0.2) is 23.2 Å². The fourth-order valence-electron chi connectivity index (χ4n) is 1.64. The van der Waals surface area contributed by atoms with E-state index in [1.165, 1.54) is 0 Å². The van der Waals surface area contributed by atoms with Crippen LogP contribution in [-0.2, 0) is 11.2 Å². The van der Waals surface area contributed by atoms with Gasteiger partial charge in [0.05, 0.1) is 4.47 Å². The zero-order chi connectivity index (χ0) is 13.7. The van der Waals surface area contributed by atoms with Gasteiger partial charge in [0, 0.05) is 6.04 Å². The third kappa shape index (κ3) is 3.99. The summed E-state index contributed by atoms with van der Waals surface area (Å²) in [5, 5.41) is 9.03. The van der Waals surface area contributed by atoms with Gasteiger partial charge in [-0.25, -0.2) is 4.79 Å². The van der Waals surface area contributed by atoms with Crippen molar-refractivity contribution in [3.8, 4) is 5.75 Å². The predicted octanol–water partition coefficient (Wildman–Crippen LogP) is 2.58. The van der Waals surface area contributed by atoms with E-state index >= 15 is 0 Å². The summed E-state index contributed by atoms with van der Waals surface area (Å²) in [6, 6.07) is 5.61. The molecule has 0 aromatic heterocycles. The number of hydrogen-bond donors (Lipinski definition) is 2. The molecule has 2 unspecified atom stereocenters. The fraction of sp³-hybridized carbons (Fsp3) is 0.462. The standard InChI is InChI=1S/C13H18BrNO3/c1-3-11(13(16)17)18-12-9(7-8(2)15)5-4-6-10(12)14/h4-6,8,11H,3,7,15H2,1-2H3,(H,16,17). The lowest BCUT2D eigenvalue weighted by atomic mass is 10.1. The number of aliphatic carboxylic acids is 1. The van der Waals surface area contributed by atoms with Crippen LogP contribution in [0.4, 0.5) is 0 Å². The van der Waals surface area contributed by atoms with Crippen molar-refractivity contribution in [1.29, 1.82) is 0 Å². The van der Waals surface area contributed by atoms with E-state index in [1.54, 1.807) is 6.92 Å². The van der Waals surface area contributed by atoms with E-state index in [-0.39, 0.29) is 6.04 Å². The van der Waals surface area contributed by atoms with E-state index in [0.717, 1.165) is 10.0 Å². The van der Waals surface area contributed by atoms with Crippen LogP contribution in [0.15, 0.2) is 22.7 Å². The van der Waals surface area contributed by atoms with Gasteiger partial charge in [0.1, 0.15) is 5.75 Å². The van der Waals surface area contributed by atoms with E-state index in [0.29, 0.717) is 18.6 Å². The van der Waals surface area contributed by atoms with Crippen molar-refractivity contribution in [2.24, 2.45) is 5.73 Å². The molecule has 0 bridgehead atoms. The summed E-state index contributed by atoms with van der Waals surface area (Å²) in [6.07, 6.45) is 0.217. The van der Waals surface area contributed by atoms with Gasteiger partial charge in [0.2, 0.25) is 0 Å². The minimum Gasteiger partial charge on any atom is -0.479 e. The van der Waals surface area contributed by atoms with Crippen LogP contribution in [0, 0.1) is 0 Å². The van der Waals surface area contributed by atoms with E-state index in [9.17, 15) is 4.79 Å². The Bertz CT molecular complexity index is 421. The second kappa shape index (κ2) is 6.75. The van der Waals surface area contributed by atoms with Gasteiger partial charge < -0.3 is 15.6 Å². The van der Waals surface area contributed by atoms with E-state index < -0.39 is 12.1 Å². The fourth-order valence-corrected chi connectivity index (χ4v) is 2.14. The summed E-state index contributed by atoms with van der Waals surface area (Å²) in [5.74, 6) is -0.385. The highest BCUT2D eigenvalue weighted by Gasteiger charge is 2.20. The molecule has 2 atom stereocenters. The van der Waals surface area contributed by atoms with Crippen LogP contribution < -0.4 is 10.5 Å². The topological polar surface area (TPSA) is 72.5 Å². The van der Waals surface area contributed by atoms with Crippen molar-refractivity contribution >= 4 is 21.9 Å². The van der Waals surface area contributed by atoms with Crippen LogP contribution in [0.1, 0.15) is 25.8 Å². The summed E-state index contributed by atoms with van der Waals surface area (Å²) >= 11 is 3.39. The lowest BCUT2D eigenvalue weighted by molar-refractivity contribution is -0.145. The third-order valence-corrected chi connectivity index (χ3v) is 3.12. The summed E-state index contributed by atoms with van der Waals surface area (Å²) < 4.78 is 6.34. The first-order valence-electron chi connectivity index (χ1n) is 5.88. The molecule has 18 heavy (non-hydrogen) atoms. The largest absolute Gasteiger partial charge is 0.479 e. The average Bonchev–Trinajstić information content (AvgIpc) is 2.27. The number of carboxylic acids is 1.